The van der Waals surface area contributed by atoms with Crippen molar-refractivity contribution in [2.45, 2.75) is 19.3 Å². The Morgan fingerprint density at radius 1 is 1.13 bits per heavy atom. The van der Waals surface area contributed by atoms with Crippen LogP contribution in [0.4, 0.5) is 0 Å². The quantitative estimate of drug-likeness (QED) is 0.628. The van der Waals surface area contributed by atoms with Gasteiger partial charge in [-0.25, -0.2) is 0 Å². The summed E-state index contributed by atoms with van der Waals surface area (Å²) in [7, 11) is 0. The van der Waals surface area contributed by atoms with E-state index in [2.05, 4.69) is 61.6 Å². The van der Waals surface area contributed by atoms with Crippen LogP contribution in [0.3, 0.4) is 0 Å². The smallest absolute Gasteiger partial charge is 1.00 e. The van der Waals surface area contributed by atoms with Crippen LogP contribution in [-0.2, 0) is 0 Å². The summed E-state index contributed by atoms with van der Waals surface area (Å²) in [5, 5.41) is 0. The minimum Gasteiger partial charge on any atom is -1.00 e. The number of hydrogen-bond acceptors (Lipinski definition) is 0. The van der Waals surface area contributed by atoms with Crippen molar-refractivity contribution in [2.24, 2.45) is 5.92 Å². The Kier molecular flexibility index (Phi) is 4.95. The molecule has 0 spiro atoms. The average Bonchev–Trinajstić information content (AvgIpc) is 2.72. The van der Waals surface area contributed by atoms with Gasteiger partial charge < -0.3 is 1.43 Å². The summed E-state index contributed by atoms with van der Waals surface area (Å²) in [6.07, 6.45) is 10.1. The molecule has 1 heteroatoms. The Hall–Kier alpha value is -0.703. The van der Waals surface area contributed by atoms with Gasteiger partial charge in [-0.2, -0.15) is 0 Å². The molecule has 0 saturated heterocycles. The predicted octanol–water partition coefficient (Wildman–Crippen LogP) is 1.04. The molecule has 0 nitrogen and oxygen atoms in total. The summed E-state index contributed by atoms with van der Waals surface area (Å²) >= 11 is 0. The topological polar surface area (TPSA) is 0 Å². The van der Waals surface area contributed by atoms with E-state index in [9.17, 15) is 0 Å². The molecular formula is C14H17Li. The largest absolute Gasteiger partial charge is 1.00 e. The van der Waals surface area contributed by atoms with Gasteiger partial charge in [0.25, 0.3) is 0 Å². The summed E-state index contributed by atoms with van der Waals surface area (Å²) in [6, 6.07) is 10.7. The van der Waals surface area contributed by atoms with Crippen LogP contribution in [0.2, 0.25) is 0 Å². The van der Waals surface area contributed by atoms with Crippen molar-refractivity contribution in [2.75, 3.05) is 0 Å². The van der Waals surface area contributed by atoms with Gasteiger partial charge >= 0.3 is 18.9 Å². The minimum absolute atomic E-state index is 0. The van der Waals surface area contributed by atoms with E-state index in [0.717, 1.165) is 0 Å². The first kappa shape index (κ1) is 12.4. The Morgan fingerprint density at radius 3 is 2.33 bits per heavy atom. The van der Waals surface area contributed by atoms with Gasteiger partial charge in [-0.15, -0.1) is 0 Å². The van der Waals surface area contributed by atoms with Crippen molar-refractivity contribution in [1.82, 2.24) is 0 Å². The van der Waals surface area contributed by atoms with Gasteiger partial charge in [-0.05, 0) is 23.8 Å². The molecule has 15 heavy (non-hydrogen) atoms. The van der Waals surface area contributed by atoms with Gasteiger partial charge in [0, 0.05) is 0 Å². The Balaban J connectivity index is 0.00000112. The van der Waals surface area contributed by atoms with Crippen molar-refractivity contribution >= 4 is 0 Å². The molecule has 74 valence electrons. The molecule has 0 saturated carbocycles. The Morgan fingerprint density at radius 2 is 1.73 bits per heavy atom. The second kappa shape index (κ2) is 6.01. The number of allylic oxidation sites excluding steroid dienone is 4. The Labute approximate surface area is 106 Å². The number of benzene rings is 1. The molecule has 0 amide bonds. The maximum Gasteiger partial charge on any atom is 1.00 e. The fourth-order valence-corrected chi connectivity index (χ4v) is 1.96. The maximum absolute atomic E-state index is 2.30. The van der Waals surface area contributed by atoms with Crippen LogP contribution in [0.25, 0.3) is 0 Å². The fraction of sp³-hybridized carbons (Fsp3) is 0.286. The van der Waals surface area contributed by atoms with Gasteiger partial charge in [-0.3, -0.25) is 0 Å². The normalized spacial score (nSPS) is 16.3. The molecule has 0 radical (unpaired) electrons. The van der Waals surface area contributed by atoms with Crippen LogP contribution in [0.1, 0.15) is 26.3 Å². The van der Waals surface area contributed by atoms with Crippen LogP contribution in [0, 0.1) is 5.92 Å². The molecule has 1 aromatic carbocycles. The SMILES string of the molecule is CC(CC1C=CC=C1)c1ccccc1.[H-].[Li+]. The second-order valence-corrected chi connectivity index (χ2v) is 3.98. The first-order valence-corrected chi connectivity index (χ1v) is 5.26. The van der Waals surface area contributed by atoms with Crippen LogP contribution in [0.5, 0.6) is 0 Å². The van der Waals surface area contributed by atoms with Crippen molar-refractivity contribution < 1.29 is 20.3 Å². The minimum atomic E-state index is 0. The molecule has 1 unspecified atom stereocenters. The van der Waals surface area contributed by atoms with Crippen molar-refractivity contribution in [3.05, 3.63) is 60.2 Å². The van der Waals surface area contributed by atoms with E-state index in [1.165, 1.54) is 12.0 Å². The Bertz CT molecular complexity index is 331. The molecular weight excluding hydrogens is 175 g/mol. The molecule has 1 aromatic rings. The first-order valence-electron chi connectivity index (χ1n) is 5.26. The molecule has 1 aliphatic carbocycles. The summed E-state index contributed by atoms with van der Waals surface area (Å²) in [6.45, 7) is 2.30. The maximum atomic E-state index is 2.30. The van der Waals surface area contributed by atoms with Gasteiger partial charge in [0.2, 0.25) is 0 Å². The zero-order valence-electron chi connectivity index (χ0n) is 10.6. The van der Waals surface area contributed by atoms with E-state index < -0.39 is 0 Å². The van der Waals surface area contributed by atoms with E-state index in [4.69, 9.17) is 0 Å². The van der Waals surface area contributed by atoms with E-state index in [0.29, 0.717) is 11.8 Å². The molecule has 0 heterocycles. The summed E-state index contributed by atoms with van der Waals surface area (Å²) in [4.78, 5) is 0. The summed E-state index contributed by atoms with van der Waals surface area (Å²) in [5.74, 6) is 1.29. The number of rotatable bonds is 3. The third kappa shape index (κ3) is 3.41. The predicted molar refractivity (Wildman–Crippen MR) is 62.4 cm³/mol. The second-order valence-electron chi connectivity index (χ2n) is 3.98. The molecule has 0 aliphatic heterocycles. The van der Waals surface area contributed by atoms with Crippen molar-refractivity contribution in [3.63, 3.8) is 0 Å². The van der Waals surface area contributed by atoms with Crippen LogP contribution < -0.4 is 18.9 Å². The van der Waals surface area contributed by atoms with E-state index in [-0.39, 0.29) is 20.3 Å². The molecule has 1 aliphatic rings. The fourth-order valence-electron chi connectivity index (χ4n) is 1.96. The van der Waals surface area contributed by atoms with Crippen LogP contribution in [-0.4, -0.2) is 0 Å². The summed E-state index contributed by atoms with van der Waals surface area (Å²) < 4.78 is 0. The van der Waals surface area contributed by atoms with Gasteiger partial charge in [0.15, 0.2) is 0 Å². The van der Waals surface area contributed by atoms with E-state index in [1.807, 2.05) is 0 Å². The zero-order chi connectivity index (χ0) is 9.80. The standard InChI is InChI=1S/C14H16.Li.H/c1-12(11-13-7-5-6-8-13)14-9-3-2-4-10-14;;/h2-10,12-13H,11H2,1H3;;/q;+1;-1. The van der Waals surface area contributed by atoms with Crippen LogP contribution in [0.15, 0.2) is 54.6 Å². The molecule has 1 atom stereocenters. The van der Waals surface area contributed by atoms with Crippen LogP contribution >= 0.6 is 0 Å². The number of hydrogen-bond donors (Lipinski definition) is 0. The van der Waals surface area contributed by atoms with E-state index >= 15 is 0 Å². The van der Waals surface area contributed by atoms with Crippen molar-refractivity contribution in [3.8, 4) is 0 Å². The molecule has 0 bridgehead atoms. The third-order valence-corrected chi connectivity index (χ3v) is 2.82. The summed E-state index contributed by atoms with van der Waals surface area (Å²) in [5.41, 5.74) is 1.45. The molecule has 0 fully saturated rings. The van der Waals surface area contributed by atoms with E-state index in [1.54, 1.807) is 0 Å². The molecule has 0 N–H and O–H groups in total. The average molecular weight is 192 g/mol. The zero-order valence-corrected chi connectivity index (χ0v) is 9.56. The van der Waals surface area contributed by atoms with Gasteiger partial charge in [-0.1, -0.05) is 61.6 Å². The molecule has 0 aromatic heterocycles. The van der Waals surface area contributed by atoms with Gasteiger partial charge in [0.05, 0.1) is 0 Å². The molecule has 2 rings (SSSR count). The third-order valence-electron chi connectivity index (χ3n) is 2.82. The van der Waals surface area contributed by atoms with Gasteiger partial charge in [0.1, 0.15) is 0 Å². The monoisotopic (exact) mass is 192 g/mol. The first-order chi connectivity index (χ1) is 6.86. The van der Waals surface area contributed by atoms with Crippen molar-refractivity contribution in [1.29, 1.82) is 0 Å².